The van der Waals surface area contributed by atoms with E-state index in [1.807, 2.05) is 18.2 Å². The molecule has 0 atom stereocenters. The Labute approximate surface area is 125 Å². The Morgan fingerprint density at radius 3 is 2.50 bits per heavy atom. The van der Waals surface area contributed by atoms with Crippen LogP contribution in [0.2, 0.25) is 0 Å². The zero-order valence-corrected chi connectivity index (χ0v) is 12.0. The summed E-state index contributed by atoms with van der Waals surface area (Å²) >= 11 is 0. The second-order valence-corrected chi connectivity index (χ2v) is 4.65. The van der Waals surface area contributed by atoms with Gasteiger partial charge in [-0.2, -0.15) is 0 Å². The van der Waals surface area contributed by atoms with Gasteiger partial charge in [-0.25, -0.2) is 4.79 Å². The van der Waals surface area contributed by atoms with Crippen LogP contribution in [0.3, 0.4) is 0 Å². The van der Waals surface area contributed by atoms with Crippen molar-refractivity contribution in [2.24, 2.45) is 0 Å². The first-order valence-corrected chi connectivity index (χ1v) is 6.79. The van der Waals surface area contributed by atoms with E-state index in [-0.39, 0.29) is 12.2 Å². The van der Waals surface area contributed by atoms with E-state index in [9.17, 15) is 19.7 Å². The number of hydrogen-bond acceptors (Lipinski definition) is 4. The molecule has 2 aromatic rings. The second-order valence-electron chi connectivity index (χ2n) is 4.65. The largest absolute Gasteiger partial charge is 0.357 e. The normalized spacial score (nSPS) is 11.0. The molecule has 1 aromatic carbocycles. The molecule has 2 rings (SSSR count). The van der Waals surface area contributed by atoms with Crippen molar-refractivity contribution in [3.8, 4) is 0 Å². The number of nitrogens with zero attached hydrogens (tertiary/aromatic N) is 2. The van der Waals surface area contributed by atoms with Gasteiger partial charge in [0.1, 0.15) is 5.69 Å². The molecule has 7 nitrogen and oxygen atoms in total. The molecule has 1 heterocycles. The smallest absolute Gasteiger partial charge is 0.301 e. The SMILES string of the molecule is CCCn1c(=O)[nH]c(/C=C/c2ccccc2)c([N+](=O)[O-])c1=O. The van der Waals surface area contributed by atoms with Gasteiger partial charge in [0.15, 0.2) is 0 Å². The van der Waals surface area contributed by atoms with Crippen LogP contribution in [-0.2, 0) is 6.54 Å². The molecule has 0 saturated heterocycles. The zero-order valence-electron chi connectivity index (χ0n) is 12.0. The van der Waals surface area contributed by atoms with Crippen molar-refractivity contribution in [3.63, 3.8) is 0 Å². The molecule has 0 aliphatic carbocycles. The van der Waals surface area contributed by atoms with Crippen LogP contribution in [0.15, 0.2) is 39.9 Å². The quantitative estimate of drug-likeness (QED) is 0.674. The monoisotopic (exact) mass is 301 g/mol. The molecule has 0 aliphatic rings. The van der Waals surface area contributed by atoms with Gasteiger partial charge in [0.05, 0.1) is 4.92 Å². The fourth-order valence-electron chi connectivity index (χ4n) is 2.04. The molecule has 0 aliphatic heterocycles. The van der Waals surface area contributed by atoms with E-state index in [4.69, 9.17) is 0 Å². The van der Waals surface area contributed by atoms with Crippen LogP contribution < -0.4 is 11.2 Å². The van der Waals surface area contributed by atoms with Crippen LogP contribution in [0.25, 0.3) is 12.2 Å². The molecule has 0 saturated carbocycles. The number of rotatable bonds is 5. The molecule has 1 aromatic heterocycles. The molecule has 0 amide bonds. The predicted octanol–water partition coefficient (Wildman–Crippen LogP) is 2.03. The molecule has 1 N–H and O–H groups in total. The topological polar surface area (TPSA) is 98.0 Å². The van der Waals surface area contributed by atoms with Crippen molar-refractivity contribution in [3.05, 3.63) is 72.5 Å². The molecule has 0 fully saturated rings. The van der Waals surface area contributed by atoms with Crippen molar-refractivity contribution in [1.82, 2.24) is 9.55 Å². The summed E-state index contributed by atoms with van der Waals surface area (Å²) in [6.07, 6.45) is 3.49. The highest BCUT2D eigenvalue weighted by molar-refractivity contribution is 5.71. The molecule has 22 heavy (non-hydrogen) atoms. The van der Waals surface area contributed by atoms with Crippen molar-refractivity contribution in [2.75, 3.05) is 0 Å². The Balaban J connectivity index is 2.56. The van der Waals surface area contributed by atoms with Crippen LogP contribution in [0.5, 0.6) is 0 Å². The van der Waals surface area contributed by atoms with Gasteiger partial charge in [-0.3, -0.25) is 19.5 Å². The van der Waals surface area contributed by atoms with Gasteiger partial charge in [-0.15, -0.1) is 0 Å². The molecule has 114 valence electrons. The maximum atomic E-state index is 12.1. The van der Waals surface area contributed by atoms with Crippen LogP contribution >= 0.6 is 0 Å². The van der Waals surface area contributed by atoms with Gasteiger partial charge in [0.2, 0.25) is 0 Å². The summed E-state index contributed by atoms with van der Waals surface area (Å²) in [5.74, 6) is 0. The minimum absolute atomic E-state index is 0.101. The Morgan fingerprint density at radius 1 is 1.23 bits per heavy atom. The lowest BCUT2D eigenvalue weighted by atomic mass is 10.2. The van der Waals surface area contributed by atoms with Gasteiger partial charge in [-0.05, 0) is 18.1 Å². The fourth-order valence-corrected chi connectivity index (χ4v) is 2.04. The minimum atomic E-state index is -0.886. The number of nitrogens with one attached hydrogen (secondary N) is 1. The molecule has 7 heteroatoms. The molecule has 0 bridgehead atoms. The van der Waals surface area contributed by atoms with E-state index in [0.29, 0.717) is 6.42 Å². The predicted molar refractivity (Wildman–Crippen MR) is 83.6 cm³/mol. The van der Waals surface area contributed by atoms with Crippen molar-refractivity contribution in [1.29, 1.82) is 0 Å². The molecule has 0 radical (unpaired) electrons. The van der Waals surface area contributed by atoms with Crippen LogP contribution in [-0.4, -0.2) is 14.5 Å². The average Bonchev–Trinajstić information content (AvgIpc) is 2.49. The van der Waals surface area contributed by atoms with Crippen molar-refractivity contribution < 1.29 is 4.92 Å². The highest BCUT2D eigenvalue weighted by Gasteiger charge is 2.22. The molecular weight excluding hydrogens is 286 g/mol. The number of aromatic nitrogens is 2. The van der Waals surface area contributed by atoms with E-state index >= 15 is 0 Å². The lowest BCUT2D eigenvalue weighted by molar-refractivity contribution is -0.387. The molecular formula is C15H15N3O4. The maximum Gasteiger partial charge on any atom is 0.357 e. The second kappa shape index (κ2) is 6.66. The third-order valence-corrected chi connectivity index (χ3v) is 3.06. The van der Waals surface area contributed by atoms with Gasteiger partial charge in [0, 0.05) is 6.54 Å². The number of H-pyrrole nitrogens is 1. The van der Waals surface area contributed by atoms with Crippen molar-refractivity contribution >= 4 is 17.8 Å². The molecule has 0 spiro atoms. The standard InChI is InChI=1S/C15H15N3O4/c1-2-10-17-14(19)13(18(21)22)12(16-15(17)20)9-8-11-6-4-3-5-7-11/h3-9H,2,10H2,1H3,(H,16,20)/b9-8+. The Morgan fingerprint density at radius 2 is 1.91 bits per heavy atom. The highest BCUT2D eigenvalue weighted by atomic mass is 16.6. The number of aromatic amines is 1. The Hall–Kier alpha value is -2.96. The van der Waals surface area contributed by atoms with Crippen LogP contribution in [0.1, 0.15) is 24.6 Å². The summed E-state index contributed by atoms with van der Waals surface area (Å²) in [5.41, 5.74) is -1.46. The van der Waals surface area contributed by atoms with E-state index in [2.05, 4.69) is 4.98 Å². The van der Waals surface area contributed by atoms with E-state index in [1.165, 1.54) is 6.08 Å². The third-order valence-electron chi connectivity index (χ3n) is 3.06. The summed E-state index contributed by atoms with van der Waals surface area (Å²) in [4.78, 5) is 36.8. The lowest BCUT2D eigenvalue weighted by Gasteiger charge is -2.04. The average molecular weight is 301 g/mol. The first kappa shape index (κ1) is 15.4. The maximum absolute atomic E-state index is 12.1. The molecule has 0 unspecified atom stereocenters. The van der Waals surface area contributed by atoms with Crippen LogP contribution in [0.4, 0.5) is 5.69 Å². The van der Waals surface area contributed by atoms with Crippen molar-refractivity contribution in [2.45, 2.75) is 19.9 Å². The zero-order chi connectivity index (χ0) is 16.1. The Kier molecular flexibility index (Phi) is 4.67. The first-order valence-electron chi connectivity index (χ1n) is 6.79. The Bertz CT molecular complexity index is 819. The summed E-state index contributed by atoms with van der Waals surface area (Å²) in [5, 5.41) is 11.2. The van der Waals surface area contributed by atoms with Crippen LogP contribution in [0, 0.1) is 10.1 Å². The van der Waals surface area contributed by atoms with E-state index < -0.39 is 21.9 Å². The fraction of sp³-hybridized carbons (Fsp3) is 0.200. The lowest BCUT2D eigenvalue weighted by Crippen LogP contribution is -2.37. The van der Waals surface area contributed by atoms with Gasteiger partial charge in [-0.1, -0.05) is 43.3 Å². The summed E-state index contributed by atoms with van der Waals surface area (Å²) in [7, 11) is 0. The van der Waals surface area contributed by atoms with Gasteiger partial charge < -0.3 is 4.98 Å². The summed E-state index contributed by atoms with van der Waals surface area (Å²) in [6.45, 7) is 1.92. The minimum Gasteiger partial charge on any atom is -0.301 e. The first-order chi connectivity index (χ1) is 10.5. The van der Waals surface area contributed by atoms with E-state index in [1.54, 1.807) is 25.1 Å². The summed E-state index contributed by atoms with van der Waals surface area (Å²) < 4.78 is 0.845. The third kappa shape index (κ3) is 3.20. The number of benzene rings is 1. The highest BCUT2D eigenvalue weighted by Crippen LogP contribution is 2.13. The van der Waals surface area contributed by atoms with E-state index in [0.717, 1.165) is 10.1 Å². The number of nitro groups is 1. The van der Waals surface area contributed by atoms with Gasteiger partial charge >= 0.3 is 16.9 Å². The number of hydrogen-bond donors (Lipinski definition) is 1. The summed E-state index contributed by atoms with van der Waals surface area (Å²) in [6, 6.07) is 9.08. The van der Waals surface area contributed by atoms with Gasteiger partial charge in [0.25, 0.3) is 0 Å².